The Balaban J connectivity index is 1.67. The van der Waals surface area contributed by atoms with E-state index in [1.165, 1.54) is 12.1 Å². The summed E-state index contributed by atoms with van der Waals surface area (Å²) in [6.45, 7) is 7.17. The number of hydrogen-bond donors (Lipinski definition) is 0. The standard InChI is InChI=1S/C27H29FN2O3/c1-4-33-27(32)21-13-15-29(16-14-21)26(31)24-17-25(20-7-9-22(28)10-8-20)30(19(24)3)23-11-5-18(2)6-12-23/h5-12,17,21H,4,13-16H2,1-3H3. The van der Waals surface area contributed by atoms with Crippen molar-refractivity contribution in [3.63, 3.8) is 0 Å². The highest BCUT2D eigenvalue weighted by atomic mass is 19.1. The topological polar surface area (TPSA) is 51.5 Å². The van der Waals surface area contributed by atoms with Crippen molar-refractivity contribution in [2.75, 3.05) is 19.7 Å². The second kappa shape index (κ2) is 9.61. The molecule has 0 aliphatic carbocycles. The van der Waals surface area contributed by atoms with Gasteiger partial charge < -0.3 is 14.2 Å². The minimum absolute atomic E-state index is 0.0518. The van der Waals surface area contributed by atoms with Gasteiger partial charge in [-0.3, -0.25) is 9.59 Å². The molecule has 1 amide bonds. The Kier molecular flexibility index (Phi) is 6.63. The predicted octanol–water partition coefficient (Wildman–Crippen LogP) is 5.32. The van der Waals surface area contributed by atoms with Gasteiger partial charge in [-0.25, -0.2) is 4.39 Å². The van der Waals surface area contributed by atoms with Gasteiger partial charge in [0.25, 0.3) is 5.91 Å². The van der Waals surface area contributed by atoms with E-state index in [0.717, 1.165) is 28.2 Å². The first kappa shape index (κ1) is 22.8. The summed E-state index contributed by atoms with van der Waals surface area (Å²) in [6, 6.07) is 16.3. The van der Waals surface area contributed by atoms with E-state index >= 15 is 0 Å². The normalized spacial score (nSPS) is 14.4. The van der Waals surface area contributed by atoms with E-state index in [0.29, 0.717) is 38.1 Å². The van der Waals surface area contributed by atoms with E-state index in [9.17, 15) is 14.0 Å². The van der Waals surface area contributed by atoms with Gasteiger partial charge in [0.2, 0.25) is 0 Å². The summed E-state index contributed by atoms with van der Waals surface area (Å²) in [5.41, 5.74) is 5.20. The smallest absolute Gasteiger partial charge is 0.309 e. The fourth-order valence-corrected chi connectivity index (χ4v) is 4.43. The number of carbonyl (C=O) groups is 2. The van der Waals surface area contributed by atoms with Crippen LogP contribution in [0.15, 0.2) is 54.6 Å². The van der Waals surface area contributed by atoms with Gasteiger partial charge in [0.05, 0.1) is 23.8 Å². The molecule has 1 saturated heterocycles. The maximum absolute atomic E-state index is 13.6. The highest BCUT2D eigenvalue weighted by Gasteiger charge is 2.30. The van der Waals surface area contributed by atoms with Gasteiger partial charge >= 0.3 is 5.97 Å². The summed E-state index contributed by atoms with van der Waals surface area (Å²) in [7, 11) is 0. The number of aromatic nitrogens is 1. The van der Waals surface area contributed by atoms with Crippen LogP contribution in [0.3, 0.4) is 0 Å². The number of halogens is 1. The lowest BCUT2D eigenvalue weighted by Gasteiger charge is -2.31. The number of rotatable bonds is 5. The van der Waals surface area contributed by atoms with Crippen molar-refractivity contribution in [3.8, 4) is 16.9 Å². The monoisotopic (exact) mass is 448 g/mol. The molecule has 172 valence electrons. The largest absolute Gasteiger partial charge is 0.466 e. The molecule has 4 rings (SSSR count). The predicted molar refractivity (Wildman–Crippen MR) is 126 cm³/mol. The van der Waals surface area contributed by atoms with Crippen molar-refractivity contribution in [2.45, 2.75) is 33.6 Å². The van der Waals surface area contributed by atoms with Gasteiger partial charge in [0.15, 0.2) is 0 Å². The Labute approximate surface area is 193 Å². The molecule has 5 nitrogen and oxygen atoms in total. The van der Waals surface area contributed by atoms with Crippen LogP contribution in [0.5, 0.6) is 0 Å². The Bertz CT molecular complexity index is 1140. The summed E-state index contributed by atoms with van der Waals surface area (Å²) < 4.78 is 20.8. The molecule has 33 heavy (non-hydrogen) atoms. The van der Waals surface area contributed by atoms with Crippen LogP contribution in [0.2, 0.25) is 0 Å². The van der Waals surface area contributed by atoms with Crippen molar-refractivity contribution in [1.29, 1.82) is 0 Å². The molecule has 0 saturated carbocycles. The van der Waals surface area contributed by atoms with Gasteiger partial charge in [0, 0.05) is 24.5 Å². The van der Waals surface area contributed by atoms with Gasteiger partial charge in [-0.1, -0.05) is 17.7 Å². The van der Waals surface area contributed by atoms with E-state index in [-0.39, 0.29) is 23.6 Å². The molecule has 0 bridgehead atoms. The Morgan fingerprint density at radius 1 is 1.00 bits per heavy atom. The fraction of sp³-hybridized carbons (Fsp3) is 0.333. The maximum atomic E-state index is 13.6. The van der Waals surface area contributed by atoms with Crippen molar-refractivity contribution >= 4 is 11.9 Å². The first-order valence-corrected chi connectivity index (χ1v) is 11.4. The van der Waals surface area contributed by atoms with Crippen molar-refractivity contribution in [3.05, 3.63) is 77.2 Å². The Hall–Kier alpha value is -3.41. The second-order valence-electron chi connectivity index (χ2n) is 8.53. The fourth-order valence-electron chi connectivity index (χ4n) is 4.43. The summed E-state index contributed by atoms with van der Waals surface area (Å²) in [5.74, 6) is -0.680. The molecule has 0 radical (unpaired) electrons. The molecule has 0 unspecified atom stereocenters. The lowest BCUT2D eigenvalue weighted by molar-refractivity contribution is -0.149. The summed E-state index contributed by atoms with van der Waals surface area (Å²) in [5, 5.41) is 0. The Morgan fingerprint density at radius 3 is 2.24 bits per heavy atom. The molecule has 3 aromatic rings. The molecular weight excluding hydrogens is 419 g/mol. The summed E-state index contributed by atoms with van der Waals surface area (Å²) >= 11 is 0. The minimum atomic E-state index is -0.301. The number of esters is 1. The molecule has 1 aromatic heterocycles. The van der Waals surface area contributed by atoms with Crippen LogP contribution in [-0.2, 0) is 9.53 Å². The van der Waals surface area contributed by atoms with Crippen LogP contribution in [0, 0.1) is 25.6 Å². The minimum Gasteiger partial charge on any atom is -0.466 e. The van der Waals surface area contributed by atoms with Crippen molar-refractivity contribution in [2.24, 2.45) is 5.92 Å². The van der Waals surface area contributed by atoms with Crippen LogP contribution in [0.4, 0.5) is 4.39 Å². The second-order valence-corrected chi connectivity index (χ2v) is 8.53. The average Bonchev–Trinajstić information content (AvgIpc) is 3.17. The number of nitrogens with zero attached hydrogens (tertiary/aromatic N) is 2. The molecule has 0 spiro atoms. The number of benzene rings is 2. The molecule has 1 fully saturated rings. The SMILES string of the molecule is CCOC(=O)C1CCN(C(=O)c2cc(-c3ccc(F)cc3)n(-c3ccc(C)cc3)c2C)CC1. The highest BCUT2D eigenvalue weighted by molar-refractivity contribution is 5.97. The van der Waals surface area contributed by atoms with Crippen molar-refractivity contribution in [1.82, 2.24) is 9.47 Å². The highest BCUT2D eigenvalue weighted by Crippen LogP contribution is 2.31. The van der Waals surface area contributed by atoms with Crippen molar-refractivity contribution < 1.29 is 18.7 Å². The third-order valence-electron chi connectivity index (χ3n) is 6.31. The van der Waals surface area contributed by atoms with Gasteiger partial charge in [0.1, 0.15) is 5.82 Å². The molecule has 0 atom stereocenters. The number of likely N-dealkylation sites (tertiary alicyclic amines) is 1. The van der Waals surface area contributed by atoms with E-state index in [2.05, 4.69) is 0 Å². The lowest BCUT2D eigenvalue weighted by Crippen LogP contribution is -2.40. The van der Waals surface area contributed by atoms with Crippen LogP contribution in [0.1, 0.15) is 41.4 Å². The van der Waals surface area contributed by atoms with Crippen LogP contribution in [0.25, 0.3) is 16.9 Å². The zero-order valence-electron chi connectivity index (χ0n) is 19.3. The molecule has 1 aliphatic rings. The van der Waals surface area contributed by atoms with E-state index < -0.39 is 0 Å². The zero-order valence-corrected chi connectivity index (χ0v) is 19.3. The molecule has 0 N–H and O–H groups in total. The average molecular weight is 449 g/mol. The third kappa shape index (κ3) is 4.70. The van der Waals surface area contributed by atoms with Crippen LogP contribution >= 0.6 is 0 Å². The molecule has 6 heteroatoms. The lowest BCUT2D eigenvalue weighted by atomic mass is 9.96. The van der Waals surface area contributed by atoms with Crippen LogP contribution < -0.4 is 0 Å². The third-order valence-corrected chi connectivity index (χ3v) is 6.31. The van der Waals surface area contributed by atoms with Gasteiger partial charge in [-0.15, -0.1) is 0 Å². The number of amides is 1. The molecule has 2 aromatic carbocycles. The number of carbonyl (C=O) groups excluding carboxylic acids is 2. The summed E-state index contributed by atoms with van der Waals surface area (Å²) in [6.07, 6.45) is 1.21. The number of hydrogen-bond acceptors (Lipinski definition) is 3. The number of aryl methyl sites for hydroxylation is 1. The van der Waals surface area contributed by atoms with Crippen LogP contribution in [-0.4, -0.2) is 41.0 Å². The first-order chi connectivity index (χ1) is 15.9. The quantitative estimate of drug-likeness (QED) is 0.497. The summed E-state index contributed by atoms with van der Waals surface area (Å²) in [4.78, 5) is 27.4. The molecular formula is C27H29FN2O3. The Morgan fingerprint density at radius 2 is 1.64 bits per heavy atom. The van der Waals surface area contributed by atoms with E-state index in [1.54, 1.807) is 19.1 Å². The van der Waals surface area contributed by atoms with Gasteiger partial charge in [-0.05, 0) is 81.6 Å². The van der Waals surface area contributed by atoms with Gasteiger partial charge in [-0.2, -0.15) is 0 Å². The first-order valence-electron chi connectivity index (χ1n) is 11.4. The molecule has 1 aliphatic heterocycles. The number of piperidine rings is 1. The number of ether oxygens (including phenoxy) is 1. The zero-order chi connectivity index (χ0) is 23.5. The molecule has 2 heterocycles. The maximum Gasteiger partial charge on any atom is 0.309 e. The van der Waals surface area contributed by atoms with E-state index in [4.69, 9.17) is 4.74 Å². The van der Waals surface area contributed by atoms with E-state index in [1.807, 2.05) is 53.6 Å².